The van der Waals surface area contributed by atoms with Crippen LogP contribution in [0.15, 0.2) is 112 Å². The van der Waals surface area contributed by atoms with Gasteiger partial charge in [-0.2, -0.15) is 5.26 Å². The third-order valence-electron chi connectivity index (χ3n) is 17.4. The third kappa shape index (κ3) is 12.9. The number of aliphatic imine (C=N–C) groups is 3. The van der Waals surface area contributed by atoms with Gasteiger partial charge >= 0.3 is 0 Å². The van der Waals surface area contributed by atoms with Gasteiger partial charge in [0.1, 0.15) is 28.7 Å². The predicted molar refractivity (Wildman–Crippen MR) is 318 cm³/mol. The van der Waals surface area contributed by atoms with E-state index in [1.54, 1.807) is 58.8 Å². The van der Waals surface area contributed by atoms with Crippen molar-refractivity contribution in [3.63, 3.8) is 0 Å². The molecule has 17 nitrogen and oxygen atoms in total. The van der Waals surface area contributed by atoms with Crippen LogP contribution in [0.1, 0.15) is 142 Å². The Morgan fingerprint density at radius 1 is 0.793 bits per heavy atom. The summed E-state index contributed by atoms with van der Waals surface area (Å²) in [4.78, 5) is 73.7. The van der Waals surface area contributed by atoms with Crippen molar-refractivity contribution in [3.05, 3.63) is 130 Å². The minimum Gasteiger partial charge on any atom is -0.497 e. The number of likely N-dealkylation sites (N-methyl/N-ethyl adjacent to an activating group) is 1. The second-order valence-corrected chi connectivity index (χ2v) is 23.9. The molecule has 1 spiro atoms. The number of benzene rings is 3. The number of halogens is 1. The number of nitriles is 1. The Bertz CT molecular complexity index is 3340. The Morgan fingerprint density at radius 3 is 2.20 bits per heavy atom. The third-order valence-corrected chi connectivity index (χ3v) is 18.6. The fourth-order valence-corrected chi connectivity index (χ4v) is 13.6. The number of methoxy groups -OCH3 is 1. The highest BCUT2D eigenvalue weighted by Gasteiger charge is 2.48. The quantitative estimate of drug-likeness (QED) is 0.0974. The largest absolute Gasteiger partial charge is 0.497 e. The molecule has 5 atom stereocenters. The Balaban J connectivity index is 0.000000150. The van der Waals surface area contributed by atoms with Crippen LogP contribution in [0.4, 0.5) is 4.39 Å². The molecule has 3 aliphatic heterocycles. The smallest absolute Gasteiger partial charge is 0.257 e. The number of ether oxygens (including phenoxy) is 1. The number of carbonyl (C=O) groups excluding carboxylic acids is 4. The van der Waals surface area contributed by atoms with Gasteiger partial charge in [0.25, 0.3) is 11.8 Å². The van der Waals surface area contributed by atoms with Crippen LogP contribution in [0.2, 0.25) is 0 Å². The summed E-state index contributed by atoms with van der Waals surface area (Å²) in [7, 11) is 6.69. The zero-order valence-electron chi connectivity index (χ0n) is 47.6. The number of hydrogen-bond donors (Lipinski definition) is 4. The minimum absolute atomic E-state index is 0.00296. The molecule has 5 aromatic rings. The molecule has 19 heteroatoms. The Kier molecular flexibility index (Phi) is 17.9. The van der Waals surface area contributed by atoms with Crippen molar-refractivity contribution in [2.24, 2.45) is 44.0 Å². The molecule has 6 aliphatic rings. The standard InChI is InChI=1S/C25H37N5O2.C21H23N3O2.C17H15FN4OS/c1-30-23(32)25(29-24(30)26,13-12-18-7-3-2-4-8-18)16-19-9-5-11-21(15-19)28-22(31)20-10-6-14-27-17-20;1-24-19(25)13-21(23-20(24)22)10-4-6-14-8-9-16(12-18(14)21)15-5-3-7-17(11-15)26-2;1-17(7-15(23)22(2)16(20)21-17)14-6-12(9-24-14)10-3-4-13(18)11(5-10)8-19/h6,10,14,17-19,21H,2-5,7-9,11-13,15-16H2,1H3,(H2,26,29)(H,28,31);3,5,7-9,11-12H,4,6,10,13H2,1-2H3,(H2,22,23);3-6,9H,7H2,1-2H3,(H2,20,21)/t19-,21+,25+;21-;17-/m000/s1. The summed E-state index contributed by atoms with van der Waals surface area (Å²) in [5.74, 6) is 2.09. The maximum Gasteiger partial charge on any atom is 0.257 e. The van der Waals surface area contributed by atoms with E-state index in [9.17, 15) is 23.6 Å². The van der Waals surface area contributed by atoms with Gasteiger partial charge in [0.05, 0.1) is 36.6 Å². The van der Waals surface area contributed by atoms with Crippen LogP contribution in [-0.4, -0.2) is 101 Å². The van der Waals surface area contributed by atoms with E-state index in [1.165, 1.54) is 75.8 Å². The molecule has 4 amide bonds. The number of nitrogens with zero attached hydrogens (tertiary/aromatic N) is 8. The monoisotopic (exact) mass is 1130 g/mol. The van der Waals surface area contributed by atoms with Gasteiger partial charge in [-0.25, -0.2) is 19.4 Å². The summed E-state index contributed by atoms with van der Waals surface area (Å²) in [5, 5.41) is 14.0. The molecule has 2 fully saturated rings. The first-order valence-corrected chi connectivity index (χ1v) is 29.4. The minimum atomic E-state index is -0.726. The van der Waals surface area contributed by atoms with E-state index in [1.807, 2.05) is 42.6 Å². The van der Waals surface area contributed by atoms with E-state index in [0.717, 1.165) is 103 Å². The molecule has 7 N–H and O–H groups in total. The van der Waals surface area contributed by atoms with Crippen LogP contribution in [-0.2, 0) is 31.9 Å². The van der Waals surface area contributed by atoms with Crippen LogP contribution in [0, 0.1) is 29.0 Å². The maximum atomic E-state index is 13.5. The number of pyridine rings is 1. The van der Waals surface area contributed by atoms with Crippen molar-refractivity contribution in [2.45, 2.75) is 139 Å². The van der Waals surface area contributed by atoms with Crippen molar-refractivity contribution < 1.29 is 28.3 Å². The van der Waals surface area contributed by atoms with Gasteiger partial charge in [-0.05, 0) is 157 Å². The predicted octanol–water partition coefficient (Wildman–Crippen LogP) is 9.53. The van der Waals surface area contributed by atoms with Crippen molar-refractivity contribution in [3.8, 4) is 34.1 Å². The van der Waals surface area contributed by atoms with Crippen LogP contribution in [0.5, 0.6) is 5.75 Å². The summed E-state index contributed by atoms with van der Waals surface area (Å²) < 4.78 is 18.8. The molecule has 3 aromatic carbocycles. The second-order valence-electron chi connectivity index (χ2n) is 23.0. The Hall–Kier alpha value is -7.98. The summed E-state index contributed by atoms with van der Waals surface area (Å²) in [6.45, 7) is 1.87. The van der Waals surface area contributed by atoms with Crippen LogP contribution >= 0.6 is 11.3 Å². The van der Waals surface area contributed by atoms with Crippen molar-refractivity contribution >= 4 is 52.8 Å². The molecule has 2 saturated carbocycles. The van der Waals surface area contributed by atoms with Crippen molar-refractivity contribution in [1.82, 2.24) is 25.0 Å². The van der Waals surface area contributed by atoms with Gasteiger partial charge in [0, 0.05) is 44.5 Å². The number of thiophene rings is 1. The van der Waals surface area contributed by atoms with Crippen LogP contribution in [0.3, 0.4) is 0 Å². The second kappa shape index (κ2) is 25.0. The molecule has 5 heterocycles. The fourth-order valence-electron chi connectivity index (χ4n) is 12.6. The van der Waals surface area contributed by atoms with E-state index >= 15 is 0 Å². The summed E-state index contributed by atoms with van der Waals surface area (Å²) in [5.41, 5.74) is 22.8. The topological polar surface area (TPSA) is 251 Å². The Labute approximate surface area is 483 Å². The molecule has 11 rings (SSSR count). The zero-order valence-corrected chi connectivity index (χ0v) is 48.4. The highest BCUT2D eigenvalue weighted by Crippen LogP contribution is 2.46. The van der Waals surface area contributed by atoms with E-state index in [0.29, 0.717) is 35.7 Å². The molecule has 0 radical (unpaired) electrons. The number of amides is 4. The van der Waals surface area contributed by atoms with E-state index in [2.05, 4.69) is 39.6 Å². The summed E-state index contributed by atoms with van der Waals surface area (Å²) >= 11 is 1.46. The number of nitrogens with two attached hydrogens (primary N) is 3. The summed E-state index contributed by atoms with van der Waals surface area (Å²) in [6.07, 6.45) is 19.7. The van der Waals surface area contributed by atoms with Gasteiger partial charge in [-0.15, -0.1) is 11.3 Å². The van der Waals surface area contributed by atoms with E-state index < -0.39 is 22.4 Å². The van der Waals surface area contributed by atoms with Gasteiger partial charge < -0.3 is 27.3 Å². The number of rotatable bonds is 11. The van der Waals surface area contributed by atoms with Crippen molar-refractivity contribution in [2.75, 3.05) is 28.3 Å². The molecule has 0 saturated heterocycles. The molecule has 430 valence electrons. The van der Waals surface area contributed by atoms with E-state index in [-0.39, 0.29) is 47.6 Å². The zero-order chi connectivity index (χ0) is 58.3. The number of carbonyl (C=O) groups is 4. The first-order valence-electron chi connectivity index (χ1n) is 28.5. The molecular formula is C63H75FN12O5S. The van der Waals surface area contributed by atoms with E-state index in [4.69, 9.17) is 37.2 Å². The summed E-state index contributed by atoms with van der Waals surface area (Å²) in [6, 6.07) is 26.3. The lowest BCUT2D eigenvalue weighted by molar-refractivity contribution is -0.131. The molecule has 0 bridgehead atoms. The highest BCUT2D eigenvalue weighted by molar-refractivity contribution is 7.10. The van der Waals surface area contributed by atoms with Crippen LogP contribution < -0.4 is 27.3 Å². The van der Waals surface area contributed by atoms with Gasteiger partial charge in [0.15, 0.2) is 17.9 Å². The number of nitrogens with one attached hydrogen (secondary N) is 1. The van der Waals surface area contributed by atoms with Crippen LogP contribution in [0.25, 0.3) is 22.3 Å². The SMILES string of the molecule is CN1C(=O)C[C@@](C)(c2cc(-c3ccc(F)c(C#N)c3)cs2)N=C1N.CN1C(=O)[C@@](CCC2CCCCC2)(C[C@H]2CCC[C@@H](NC(=O)c3cccnc3)C2)N=C1N.COc1cccc(-c2ccc3c(c2)[C@]2(CCC3)CC(=O)N(C)C(N)=N2)c1. The lowest BCUT2D eigenvalue weighted by atomic mass is 9.73. The lowest BCUT2D eigenvalue weighted by Crippen LogP contribution is -2.49. The fraction of sp³-hybridized carbons (Fsp3) is 0.444. The normalized spacial score (nSPS) is 24.4. The molecular weight excluding hydrogens is 1060 g/mol. The van der Waals surface area contributed by atoms with Gasteiger partial charge in [-0.3, -0.25) is 38.9 Å². The highest BCUT2D eigenvalue weighted by atomic mass is 32.1. The van der Waals surface area contributed by atoms with Gasteiger partial charge in [0.2, 0.25) is 11.8 Å². The number of aromatic nitrogens is 1. The van der Waals surface area contributed by atoms with Gasteiger partial charge in [-0.1, -0.05) is 75.3 Å². The maximum absolute atomic E-state index is 13.5. The van der Waals surface area contributed by atoms with Crippen molar-refractivity contribution in [1.29, 1.82) is 5.26 Å². The first kappa shape index (κ1) is 58.7. The Morgan fingerprint density at radius 2 is 1.50 bits per heavy atom. The first-order chi connectivity index (χ1) is 39.3. The average molecular weight is 1130 g/mol. The number of hydrogen-bond acceptors (Lipinski definition) is 14. The molecule has 0 unspecified atom stereocenters. The number of fused-ring (bicyclic) bond motifs is 2. The molecule has 82 heavy (non-hydrogen) atoms. The number of guanidine groups is 3. The molecule has 3 aliphatic carbocycles. The average Bonchev–Trinajstić information content (AvgIpc) is 2.90. The number of aryl methyl sites for hydroxylation is 1. The lowest BCUT2D eigenvalue weighted by Gasteiger charge is -2.40. The molecule has 2 aromatic heterocycles.